The van der Waals surface area contributed by atoms with Gasteiger partial charge < -0.3 is 10.5 Å². The van der Waals surface area contributed by atoms with E-state index in [2.05, 4.69) is 0 Å². The van der Waals surface area contributed by atoms with E-state index in [-0.39, 0.29) is 17.3 Å². The summed E-state index contributed by atoms with van der Waals surface area (Å²) in [6.07, 6.45) is 0. The number of hydrogen-bond acceptors (Lipinski definition) is 3. The molecule has 1 rings (SSSR count). The Bertz CT molecular complexity index is 480. The number of ether oxygens (including phenoxy) is 1. The average molecular weight is 281 g/mol. The van der Waals surface area contributed by atoms with Crippen molar-refractivity contribution in [1.29, 1.82) is 0 Å². The van der Waals surface area contributed by atoms with Gasteiger partial charge in [-0.2, -0.15) is 0 Å². The van der Waals surface area contributed by atoms with Gasteiger partial charge in [0, 0.05) is 5.69 Å². The summed E-state index contributed by atoms with van der Waals surface area (Å²) in [4.78, 5) is 12.3. The summed E-state index contributed by atoms with van der Waals surface area (Å²) >= 11 is 0. The van der Waals surface area contributed by atoms with Crippen LogP contribution in [0.5, 0.6) is 0 Å². The topological polar surface area (TPSA) is 52.3 Å². The fourth-order valence-electron chi connectivity index (χ4n) is 2.15. The standard InChI is InChI=1S/C16H24FNO2/c1-6-20-15(19)14(10(2)16(3,4)5)12-9-11(17)7-8-13(12)18/h7-10,14H,6,18H2,1-5H3. The van der Waals surface area contributed by atoms with Crippen LogP contribution in [0.4, 0.5) is 10.1 Å². The molecule has 0 heterocycles. The molecule has 0 radical (unpaired) electrons. The van der Waals surface area contributed by atoms with E-state index in [1.165, 1.54) is 18.2 Å². The molecule has 0 saturated carbocycles. The third-order valence-corrected chi connectivity index (χ3v) is 3.79. The smallest absolute Gasteiger partial charge is 0.313 e. The van der Waals surface area contributed by atoms with Crippen molar-refractivity contribution in [2.24, 2.45) is 11.3 Å². The Morgan fingerprint density at radius 2 is 2.00 bits per heavy atom. The van der Waals surface area contributed by atoms with Gasteiger partial charge in [-0.25, -0.2) is 4.39 Å². The summed E-state index contributed by atoms with van der Waals surface area (Å²) < 4.78 is 18.7. The highest BCUT2D eigenvalue weighted by Crippen LogP contribution is 2.40. The number of nitrogen functional groups attached to an aromatic ring is 1. The molecule has 20 heavy (non-hydrogen) atoms. The lowest BCUT2D eigenvalue weighted by Crippen LogP contribution is -2.31. The van der Waals surface area contributed by atoms with Gasteiger partial charge in [-0.3, -0.25) is 4.79 Å². The SMILES string of the molecule is CCOC(=O)C(c1cc(F)ccc1N)C(C)C(C)(C)C. The van der Waals surface area contributed by atoms with E-state index in [0.717, 1.165) is 0 Å². The normalized spacial score (nSPS) is 14.7. The summed E-state index contributed by atoms with van der Waals surface area (Å²) in [6.45, 7) is 10.1. The molecular weight excluding hydrogens is 257 g/mol. The first-order valence-corrected chi connectivity index (χ1v) is 6.90. The maximum Gasteiger partial charge on any atom is 0.313 e. The molecule has 0 aliphatic heterocycles. The number of anilines is 1. The number of nitrogens with two attached hydrogens (primary N) is 1. The van der Waals surface area contributed by atoms with E-state index in [1.54, 1.807) is 6.92 Å². The molecule has 0 amide bonds. The molecule has 0 spiro atoms. The molecule has 0 saturated heterocycles. The van der Waals surface area contributed by atoms with Crippen molar-refractivity contribution in [1.82, 2.24) is 0 Å². The van der Waals surface area contributed by atoms with Gasteiger partial charge in [-0.1, -0.05) is 27.7 Å². The molecule has 0 aromatic heterocycles. The van der Waals surface area contributed by atoms with Crippen LogP contribution in [0, 0.1) is 17.2 Å². The van der Waals surface area contributed by atoms with Gasteiger partial charge in [0.25, 0.3) is 0 Å². The van der Waals surface area contributed by atoms with Crippen LogP contribution >= 0.6 is 0 Å². The number of rotatable bonds is 4. The minimum atomic E-state index is -0.564. The van der Waals surface area contributed by atoms with Gasteiger partial charge in [0.05, 0.1) is 12.5 Å². The average Bonchev–Trinajstić information content (AvgIpc) is 2.33. The zero-order valence-electron chi connectivity index (χ0n) is 12.9. The fourth-order valence-corrected chi connectivity index (χ4v) is 2.15. The van der Waals surface area contributed by atoms with E-state index in [4.69, 9.17) is 10.5 Å². The van der Waals surface area contributed by atoms with Gasteiger partial charge in [-0.05, 0) is 42.0 Å². The minimum absolute atomic E-state index is 0.0364. The van der Waals surface area contributed by atoms with Crippen molar-refractivity contribution in [2.45, 2.75) is 40.5 Å². The molecule has 1 aromatic carbocycles. The highest BCUT2D eigenvalue weighted by molar-refractivity contribution is 5.81. The van der Waals surface area contributed by atoms with E-state index in [1.807, 2.05) is 27.7 Å². The van der Waals surface area contributed by atoms with Crippen molar-refractivity contribution in [3.63, 3.8) is 0 Å². The lowest BCUT2D eigenvalue weighted by molar-refractivity contribution is -0.147. The van der Waals surface area contributed by atoms with Crippen molar-refractivity contribution >= 4 is 11.7 Å². The lowest BCUT2D eigenvalue weighted by Gasteiger charge is -2.33. The zero-order valence-corrected chi connectivity index (χ0v) is 12.9. The highest BCUT2D eigenvalue weighted by Gasteiger charge is 2.36. The van der Waals surface area contributed by atoms with Crippen LogP contribution in [0.25, 0.3) is 0 Å². The second-order valence-corrected chi connectivity index (χ2v) is 6.16. The first-order chi connectivity index (χ1) is 9.18. The van der Waals surface area contributed by atoms with Gasteiger partial charge in [0.15, 0.2) is 0 Å². The highest BCUT2D eigenvalue weighted by atomic mass is 19.1. The Morgan fingerprint density at radius 3 is 2.50 bits per heavy atom. The predicted molar refractivity (Wildman–Crippen MR) is 78.8 cm³/mol. The second-order valence-electron chi connectivity index (χ2n) is 6.16. The van der Waals surface area contributed by atoms with E-state index >= 15 is 0 Å². The minimum Gasteiger partial charge on any atom is -0.466 e. The summed E-state index contributed by atoms with van der Waals surface area (Å²) in [5.74, 6) is -1.35. The molecule has 4 heteroatoms. The zero-order chi connectivity index (χ0) is 15.5. The van der Waals surface area contributed by atoms with Crippen LogP contribution in [-0.2, 0) is 9.53 Å². The summed E-state index contributed by atoms with van der Waals surface area (Å²) in [5.41, 5.74) is 6.72. The van der Waals surface area contributed by atoms with Crippen LogP contribution in [0.3, 0.4) is 0 Å². The molecule has 1 aromatic rings. The maximum atomic E-state index is 13.5. The van der Waals surface area contributed by atoms with Crippen LogP contribution in [0.15, 0.2) is 18.2 Å². The van der Waals surface area contributed by atoms with Crippen LogP contribution in [0.2, 0.25) is 0 Å². The molecule has 0 fully saturated rings. The van der Waals surface area contributed by atoms with Crippen LogP contribution < -0.4 is 5.73 Å². The van der Waals surface area contributed by atoms with Crippen molar-refractivity contribution in [3.8, 4) is 0 Å². The Hall–Kier alpha value is -1.58. The van der Waals surface area contributed by atoms with Crippen LogP contribution in [-0.4, -0.2) is 12.6 Å². The lowest BCUT2D eigenvalue weighted by atomic mass is 9.71. The molecule has 2 unspecified atom stereocenters. The maximum absolute atomic E-state index is 13.5. The second kappa shape index (κ2) is 6.25. The summed E-state index contributed by atoms with van der Waals surface area (Å²) in [7, 11) is 0. The number of hydrogen-bond donors (Lipinski definition) is 1. The van der Waals surface area contributed by atoms with Gasteiger partial charge in [0.1, 0.15) is 5.82 Å². The Balaban J connectivity index is 3.30. The molecular formula is C16H24FNO2. The largest absolute Gasteiger partial charge is 0.466 e. The van der Waals surface area contributed by atoms with Crippen molar-refractivity contribution in [2.75, 3.05) is 12.3 Å². The first kappa shape index (κ1) is 16.5. The van der Waals surface area contributed by atoms with Crippen molar-refractivity contribution in [3.05, 3.63) is 29.6 Å². The predicted octanol–water partition coefficient (Wildman–Crippen LogP) is 3.74. The van der Waals surface area contributed by atoms with E-state index in [9.17, 15) is 9.18 Å². The molecule has 112 valence electrons. The number of halogens is 1. The molecule has 0 aliphatic carbocycles. The number of esters is 1. The Kier molecular flexibility index (Phi) is 5.15. The fraction of sp³-hybridized carbons (Fsp3) is 0.562. The molecule has 3 nitrogen and oxygen atoms in total. The molecule has 0 aliphatic rings. The summed E-state index contributed by atoms with van der Waals surface area (Å²) in [6, 6.07) is 4.12. The molecule has 2 atom stereocenters. The third kappa shape index (κ3) is 3.71. The number of carbonyl (C=O) groups is 1. The van der Waals surface area contributed by atoms with Gasteiger partial charge in [0.2, 0.25) is 0 Å². The van der Waals surface area contributed by atoms with Crippen molar-refractivity contribution < 1.29 is 13.9 Å². The van der Waals surface area contributed by atoms with Crippen LogP contribution in [0.1, 0.15) is 46.1 Å². The van der Waals surface area contributed by atoms with E-state index in [0.29, 0.717) is 17.9 Å². The first-order valence-electron chi connectivity index (χ1n) is 6.90. The molecule has 2 N–H and O–H groups in total. The van der Waals surface area contributed by atoms with Gasteiger partial charge in [-0.15, -0.1) is 0 Å². The quantitative estimate of drug-likeness (QED) is 0.675. The van der Waals surface area contributed by atoms with E-state index < -0.39 is 11.7 Å². The third-order valence-electron chi connectivity index (χ3n) is 3.79. The van der Waals surface area contributed by atoms with Gasteiger partial charge >= 0.3 is 5.97 Å². The monoisotopic (exact) mass is 281 g/mol. The number of carbonyl (C=O) groups excluding carboxylic acids is 1. The number of benzene rings is 1. The molecule has 0 bridgehead atoms. The summed E-state index contributed by atoms with van der Waals surface area (Å²) in [5, 5.41) is 0. The Labute approximate surface area is 120 Å². The Morgan fingerprint density at radius 1 is 1.40 bits per heavy atom.